The average Bonchev–Trinajstić information content (AvgIpc) is 3.26. The Morgan fingerprint density at radius 2 is 1.79 bits per heavy atom. The van der Waals surface area contributed by atoms with Crippen LogP contribution in [-0.4, -0.2) is 36.6 Å². The van der Waals surface area contributed by atoms with Crippen molar-refractivity contribution in [1.82, 2.24) is 5.43 Å². The molecule has 2 N–H and O–H groups in total. The lowest BCUT2D eigenvalue weighted by molar-refractivity contribution is -0.136. The molecule has 9 nitrogen and oxygen atoms in total. The smallest absolute Gasteiger partial charge is 0.343 e. The number of carbonyl (C=O) groups excluding carboxylic acids is 4. The van der Waals surface area contributed by atoms with Crippen molar-refractivity contribution in [2.75, 3.05) is 11.9 Å². The van der Waals surface area contributed by atoms with Crippen molar-refractivity contribution in [3.05, 3.63) is 81.2 Å². The molecule has 0 saturated carbocycles. The van der Waals surface area contributed by atoms with E-state index in [0.717, 1.165) is 35.3 Å². The maximum absolute atomic E-state index is 12.6. The van der Waals surface area contributed by atoms with E-state index in [0.29, 0.717) is 33.4 Å². The van der Waals surface area contributed by atoms with Crippen LogP contribution in [0.4, 0.5) is 5.00 Å². The minimum absolute atomic E-state index is 0.207. The predicted molar refractivity (Wildman–Crippen MR) is 148 cm³/mol. The second kappa shape index (κ2) is 12.5. The molecule has 1 aliphatic carbocycles. The number of carbonyl (C=O) groups is 4. The SMILES string of the molecule is CCOC(=O)c1c(NC(=O)C(=O)NN=Cc2ccc(OC(=O)c3ccccc3C)cc2)sc2c1CCC(C)C2. The van der Waals surface area contributed by atoms with E-state index in [1.165, 1.54) is 17.6 Å². The number of anilines is 1. The van der Waals surface area contributed by atoms with Gasteiger partial charge in [0, 0.05) is 4.88 Å². The summed E-state index contributed by atoms with van der Waals surface area (Å²) in [4.78, 5) is 50.9. The zero-order chi connectivity index (χ0) is 27.9. The highest BCUT2D eigenvalue weighted by Gasteiger charge is 2.30. The molecule has 0 fully saturated rings. The fourth-order valence-electron chi connectivity index (χ4n) is 4.22. The van der Waals surface area contributed by atoms with E-state index >= 15 is 0 Å². The Morgan fingerprint density at radius 1 is 1.05 bits per heavy atom. The Hall–Kier alpha value is -4.31. The van der Waals surface area contributed by atoms with Crippen LogP contribution in [0.3, 0.4) is 0 Å². The van der Waals surface area contributed by atoms with Crippen molar-refractivity contribution >= 4 is 46.3 Å². The lowest BCUT2D eigenvalue weighted by Gasteiger charge is -2.18. The standard InChI is InChI=1S/C29H29N3O6S/c1-4-37-29(36)24-22-14-9-17(2)15-23(22)39-27(24)31-25(33)26(34)32-30-16-19-10-12-20(13-11-19)38-28(35)21-8-6-5-7-18(21)3/h5-8,10-13,16-17H,4,9,14-15H2,1-3H3,(H,31,33)(H,32,34). The van der Waals surface area contributed by atoms with Crippen LogP contribution in [0, 0.1) is 12.8 Å². The summed E-state index contributed by atoms with van der Waals surface area (Å²) in [6, 6.07) is 13.6. The molecule has 4 rings (SSSR count). The quantitative estimate of drug-likeness (QED) is 0.146. The largest absolute Gasteiger partial charge is 0.462 e. The first-order valence-electron chi connectivity index (χ1n) is 12.6. The van der Waals surface area contributed by atoms with Gasteiger partial charge >= 0.3 is 23.8 Å². The molecule has 1 atom stereocenters. The summed E-state index contributed by atoms with van der Waals surface area (Å²) in [6.45, 7) is 5.90. The highest BCUT2D eigenvalue weighted by atomic mass is 32.1. The first-order chi connectivity index (χ1) is 18.8. The van der Waals surface area contributed by atoms with Crippen LogP contribution in [0.25, 0.3) is 0 Å². The highest BCUT2D eigenvalue weighted by Crippen LogP contribution is 2.40. The number of hydrogen-bond donors (Lipinski definition) is 2. The zero-order valence-electron chi connectivity index (χ0n) is 21.9. The van der Waals surface area contributed by atoms with Gasteiger partial charge in [-0.3, -0.25) is 9.59 Å². The van der Waals surface area contributed by atoms with Crippen molar-refractivity contribution in [2.45, 2.75) is 40.0 Å². The third-order valence-corrected chi connectivity index (χ3v) is 7.43. The third kappa shape index (κ3) is 6.77. The van der Waals surface area contributed by atoms with Gasteiger partial charge in [0.05, 0.1) is 23.9 Å². The summed E-state index contributed by atoms with van der Waals surface area (Å²) in [5.41, 5.74) is 5.31. The van der Waals surface area contributed by atoms with Gasteiger partial charge in [-0.05, 0) is 86.1 Å². The number of hydrazone groups is 1. The van der Waals surface area contributed by atoms with Gasteiger partial charge in [0.1, 0.15) is 10.8 Å². The molecule has 0 saturated heterocycles. The van der Waals surface area contributed by atoms with Gasteiger partial charge in [-0.15, -0.1) is 11.3 Å². The summed E-state index contributed by atoms with van der Waals surface area (Å²) in [5.74, 6) is -2.06. The van der Waals surface area contributed by atoms with E-state index < -0.39 is 23.8 Å². The van der Waals surface area contributed by atoms with Crippen LogP contribution in [0.15, 0.2) is 53.6 Å². The topological polar surface area (TPSA) is 123 Å². The van der Waals surface area contributed by atoms with Gasteiger partial charge in [0.15, 0.2) is 0 Å². The maximum atomic E-state index is 12.6. The minimum Gasteiger partial charge on any atom is -0.462 e. The van der Waals surface area contributed by atoms with Crippen LogP contribution in [0.5, 0.6) is 5.75 Å². The molecule has 0 spiro atoms. The van der Waals surface area contributed by atoms with Crippen molar-refractivity contribution in [3.8, 4) is 5.75 Å². The maximum Gasteiger partial charge on any atom is 0.343 e. The fraction of sp³-hybridized carbons (Fsp3) is 0.276. The molecule has 0 radical (unpaired) electrons. The Labute approximate surface area is 230 Å². The molecular formula is C29H29N3O6S. The predicted octanol–water partition coefficient (Wildman–Crippen LogP) is 4.67. The van der Waals surface area contributed by atoms with Gasteiger partial charge in [-0.2, -0.15) is 5.10 Å². The molecule has 0 bridgehead atoms. The van der Waals surface area contributed by atoms with Gasteiger partial charge in [0.2, 0.25) is 0 Å². The van der Waals surface area contributed by atoms with Crippen LogP contribution < -0.4 is 15.5 Å². The number of fused-ring (bicyclic) bond motifs is 1. The molecular weight excluding hydrogens is 518 g/mol. The summed E-state index contributed by atoms with van der Waals surface area (Å²) in [7, 11) is 0. The Bertz CT molecular complexity index is 1430. The molecule has 1 unspecified atom stereocenters. The number of rotatable bonds is 7. The van der Waals surface area contributed by atoms with E-state index in [4.69, 9.17) is 9.47 Å². The van der Waals surface area contributed by atoms with Crippen molar-refractivity contribution in [2.24, 2.45) is 11.0 Å². The Balaban J connectivity index is 1.35. The van der Waals surface area contributed by atoms with E-state index in [9.17, 15) is 19.2 Å². The number of hydrogen-bond acceptors (Lipinski definition) is 8. The van der Waals surface area contributed by atoms with Crippen LogP contribution in [0.2, 0.25) is 0 Å². The first-order valence-corrected chi connectivity index (χ1v) is 13.4. The van der Waals surface area contributed by atoms with Crippen LogP contribution in [0.1, 0.15) is 62.6 Å². The zero-order valence-corrected chi connectivity index (χ0v) is 22.7. The van der Waals surface area contributed by atoms with Crippen LogP contribution in [-0.2, 0) is 27.2 Å². The normalized spacial score (nSPS) is 14.4. The number of amides is 2. The van der Waals surface area contributed by atoms with Crippen molar-refractivity contribution in [3.63, 3.8) is 0 Å². The number of nitrogens with one attached hydrogen (secondary N) is 2. The second-order valence-corrected chi connectivity index (χ2v) is 10.3. The number of ether oxygens (including phenoxy) is 2. The molecule has 2 amide bonds. The summed E-state index contributed by atoms with van der Waals surface area (Å²) in [5, 5.41) is 6.70. The van der Waals surface area contributed by atoms with E-state index in [1.54, 1.807) is 43.3 Å². The van der Waals surface area contributed by atoms with Gasteiger partial charge in [-0.25, -0.2) is 15.0 Å². The van der Waals surface area contributed by atoms with Gasteiger partial charge < -0.3 is 14.8 Å². The van der Waals surface area contributed by atoms with E-state index in [2.05, 4.69) is 22.8 Å². The first kappa shape index (κ1) is 27.7. The van der Waals surface area contributed by atoms with Gasteiger partial charge in [-0.1, -0.05) is 25.1 Å². The monoisotopic (exact) mass is 547 g/mol. The molecule has 0 aliphatic heterocycles. The Kier molecular flexibility index (Phi) is 8.88. The number of esters is 2. The summed E-state index contributed by atoms with van der Waals surface area (Å²) >= 11 is 1.30. The van der Waals surface area contributed by atoms with Crippen LogP contribution >= 0.6 is 11.3 Å². The molecule has 2 aromatic carbocycles. The average molecular weight is 548 g/mol. The van der Waals surface area contributed by atoms with E-state index in [-0.39, 0.29) is 6.61 Å². The van der Waals surface area contributed by atoms with Gasteiger partial charge in [0.25, 0.3) is 0 Å². The van der Waals surface area contributed by atoms with Crippen molar-refractivity contribution < 1.29 is 28.7 Å². The molecule has 202 valence electrons. The molecule has 1 heterocycles. The third-order valence-electron chi connectivity index (χ3n) is 6.26. The summed E-state index contributed by atoms with van der Waals surface area (Å²) in [6.07, 6.45) is 3.82. The summed E-state index contributed by atoms with van der Waals surface area (Å²) < 4.78 is 10.6. The van der Waals surface area contributed by atoms with Crippen molar-refractivity contribution in [1.29, 1.82) is 0 Å². The molecule has 3 aromatic rings. The molecule has 39 heavy (non-hydrogen) atoms. The molecule has 1 aliphatic rings. The molecule has 1 aromatic heterocycles. The molecule has 10 heteroatoms. The fourth-order valence-corrected chi connectivity index (χ4v) is 5.61. The number of benzene rings is 2. The lowest BCUT2D eigenvalue weighted by Crippen LogP contribution is -2.32. The second-order valence-electron chi connectivity index (χ2n) is 9.20. The minimum atomic E-state index is -0.982. The van der Waals surface area contributed by atoms with E-state index in [1.807, 2.05) is 19.1 Å². The number of nitrogens with zero attached hydrogens (tertiary/aromatic N) is 1. The highest BCUT2D eigenvalue weighted by molar-refractivity contribution is 7.17. The number of aryl methyl sites for hydroxylation is 1. The number of thiophene rings is 1. The lowest BCUT2D eigenvalue weighted by atomic mass is 9.88. The Morgan fingerprint density at radius 3 is 2.51 bits per heavy atom.